The highest BCUT2D eigenvalue weighted by Crippen LogP contribution is 2.17. The molecule has 0 aliphatic carbocycles. The molecule has 0 amide bonds. The maximum absolute atomic E-state index is 5.50. The third-order valence-electron chi connectivity index (χ3n) is 2.84. The summed E-state index contributed by atoms with van der Waals surface area (Å²) in [4.78, 5) is 4.51. The molecule has 0 saturated carbocycles. The predicted molar refractivity (Wildman–Crippen MR) is 62.8 cm³/mol. The van der Waals surface area contributed by atoms with Crippen molar-refractivity contribution in [3.63, 3.8) is 0 Å². The molecule has 0 fully saturated rings. The molecule has 0 aliphatic heterocycles. The van der Waals surface area contributed by atoms with Crippen molar-refractivity contribution in [3.05, 3.63) is 29.6 Å². The van der Waals surface area contributed by atoms with Crippen LogP contribution in [0.4, 0.5) is 0 Å². The number of hydrogen-bond donors (Lipinski definition) is 1. The molecule has 2 rings (SSSR count). The van der Waals surface area contributed by atoms with Crippen LogP contribution in [0.15, 0.2) is 18.2 Å². The minimum absolute atomic E-state index is 0.749. The van der Waals surface area contributed by atoms with Gasteiger partial charge in [-0.05, 0) is 44.0 Å². The van der Waals surface area contributed by atoms with Crippen LogP contribution in [-0.4, -0.2) is 16.1 Å². The van der Waals surface area contributed by atoms with E-state index in [4.69, 9.17) is 5.73 Å². The van der Waals surface area contributed by atoms with E-state index in [-0.39, 0.29) is 0 Å². The average Bonchev–Trinajstić information content (AvgIpc) is 2.52. The van der Waals surface area contributed by atoms with Crippen LogP contribution >= 0.6 is 0 Å². The monoisotopic (exact) mass is 203 g/mol. The van der Waals surface area contributed by atoms with Gasteiger partial charge in [0.25, 0.3) is 0 Å². The summed E-state index contributed by atoms with van der Waals surface area (Å²) in [5.74, 6) is 1.06. The van der Waals surface area contributed by atoms with Crippen molar-refractivity contribution in [2.45, 2.75) is 19.8 Å². The van der Waals surface area contributed by atoms with Crippen LogP contribution in [0.5, 0.6) is 0 Å². The van der Waals surface area contributed by atoms with Gasteiger partial charge >= 0.3 is 0 Å². The van der Waals surface area contributed by atoms with Gasteiger partial charge in [0.05, 0.1) is 11.0 Å². The third-order valence-corrected chi connectivity index (χ3v) is 2.84. The largest absolute Gasteiger partial charge is 0.331 e. The minimum atomic E-state index is 0.749. The number of nitrogens with two attached hydrogens (primary N) is 1. The smallest absolute Gasteiger partial charge is 0.106 e. The fourth-order valence-electron chi connectivity index (χ4n) is 1.83. The Morgan fingerprint density at radius 3 is 2.93 bits per heavy atom. The van der Waals surface area contributed by atoms with Gasteiger partial charge in [0, 0.05) is 7.05 Å². The molecule has 3 heteroatoms. The second-order valence-electron chi connectivity index (χ2n) is 3.93. The highest BCUT2D eigenvalue weighted by Gasteiger charge is 2.04. The maximum Gasteiger partial charge on any atom is 0.106 e. The van der Waals surface area contributed by atoms with Gasteiger partial charge in [0.2, 0.25) is 0 Å². The van der Waals surface area contributed by atoms with Gasteiger partial charge in [-0.3, -0.25) is 0 Å². The fraction of sp³-hybridized carbons (Fsp3) is 0.417. The van der Waals surface area contributed by atoms with Crippen LogP contribution < -0.4 is 5.73 Å². The van der Waals surface area contributed by atoms with Gasteiger partial charge in [-0.2, -0.15) is 0 Å². The predicted octanol–water partition coefficient (Wildman–Crippen LogP) is 1.77. The summed E-state index contributed by atoms with van der Waals surface area (Å²) >= 11 is 0. The van der Waals surface area contributed by atoms with E-state index in [1.807, 2.05) is 14.0 Å². The van der Waals surface area contributed by atoms with Crippen molar-refractivity contribution in [2.75, 3.05) is 6.54 Å². The molecular weight excluding hydrogens is 186 g/mol. The molecule has 0 bridgehead atoms. The first-order valence-electron chi connectivity index (χ1n) is 5.34. The zero-order valence-electron chi connectivity index (χ0n) is 9.33. The average molecular weight is 203 g/mol. The molecule has 1 aromatic heterocycles. The standard InChI is InChI=1S/C12H17N3/c1-9-14-11-8-10(4-3-7-13)5-6-12(11)15(9)2/h5-6,8H,3-4,7,13H2,1-2H3. The number of fused-ring (bicyclic) bond motifs is 1. The second-order valence-corrected chi connectivity index (χ2v) is 3.93. The molecule has 2 N–H and O–H groups in total. The van der Waals surface area contributed by atoms with Crippen molar-refractivity contribution >= 4 is 11.0 Å². The van der Waals surface area contributed by atoms with E-state index < -0.39 is 0 Å². The summed E-state index contributed by atoms with van der Waals surface area (Å²) in [6.45, 7) is 2.78. The quantitative estimate of drug-likeness (QED) is 0.826. The third kappa shape index (κ3) is 1.88. The van der Waals surface area contributed by atoms with Crippen molar-refractivity contribution in [2.24, 2.45) is 12.8 Å². The highest BCUT2D eigenvalue weighted by atomic mass is 15.0. The van der Waals surface area contributed by atoms with E-state index in [0.29, 0.717) is 0 Å². The van der Waals surface area contributed by atoms with Crippen molar-refractivity contribution < 1.29 is 0 Å². The molecule has 2 aromatic rings. The Morgan fingerprint density at radius 1 is 1.40 bits per heavy atom. The number of rotatable bonds is 3. The summed E-state index contributed by atoms with van der Waals surface area (Å²) in [6.07, 6.45) is 2.08. The Hall–Kier alpha value is -1.35. The zero-order valence-corrected chi connectivity index (χ0v) is 9.33. The maximum atomic E-state index is 5.50. The van der Waals surface area contributed by atoms with Crippen LogP contribution in [0.25, 0.3) is 11.0 Å². The molecule has 0 radical (unpaired) electrons. The van der Waals surface area contributed by atoms with Gasteiger partial charge < -0.3 is 10.3 Å². The molecule has 80 valence electrons. The van der Waals surface area contributed by atoms with E-state index in [1.165, 1.54) is 11.1 Å². The number of nitrogens with zero attached hydrogens (tertiary/aromatic N) is 2. The molecule has 1 heterocycles. The van der Waals surface area contributed by atoms with E-state index >= 15 is 0 Å². The first-order chi connectivity index (χ1) is 7.22. The Balaban J connectivity index is 2.39. The molecule has 1 aromatic carbocycles. The van der Waals surface area contributed by atoms with Crippen molar-refractivity contribution in [1.29, 1.82) is 0 Å². The van der Waals surface area contributed by atoms with Crippen LogP contribution in [0, 0.1) is 6.92 Å². The van der Waals surface area contributed by atoms with Crippen LogP contribution in [0.3, 0.4) is 0 Å². The Kier molecular flexibility index (Phi) is 2.73. The van der Waals surface area contributed by atoms with E-state index in [0.717, 1.165) is 30.7 Å². The normalized spacial score (nSPS) is 11.1. The first kappa shape index (κ1) is 10.2. The lowest BCUT2D eigenvalue weighted by atomic mass is 10.1. The van der Waals surface area contributed by atoms with Gasteiger partial charge in [0.15, 0.2) is 0 Å². The summed E-state index contributed by atoms with van der Waals surface area (Å²) in [6, 6.07) is 6.47. The fourth-order valence-corrected chi connectivity index (χ4v) is 1.83. The lowest BCUT2D eigenvalue weighted by Gasteiger charge is -2.00. The minimum Gasteiger partial charge on any atom is -0.331 e. The zero-order chi connectivity index (χ0) is 10.8. The Morgan fingerprint density at radius 2 is 2.20 bits per heavy atom. The number of benzene rings is 1. The summed E-state index contributed by atoms with van der Waals surface area (Å²) in [7, 11) is 2.05. The second kappa shape index (κ2) is 4.03. The Labute approximate surface area is 89.9 Å². The molecule has 0 unspecified atom stereocenters. The summed E-state index contributed by atoms with van der Waals surface area (Å²) in [5.41, 5.74) is 9.11. The number of aromatic nitrogens is 2. The number of hydrogen-bond acceptors (Lipinski definition) is 2. The van der Waals surface area contributed by atoms with E-state index in [9.17, 15) is 0 Å². The lowest BCUT2D eigenvalue weighted by Crippen LogP contribution is -2.00. The van der Waals surface area contributed by atoms with Crippen LogP contribution in [0.2, 0.25) is 0 Å². The Bertz CT molecular complexity index is 471. The first-order valence-corrected chi connectivity index (χ1v) is 5.34. The highest BCUT2D eigenvalue weighted by molar-refractivity contribution is 5.76. The molecule has 0 aliphatic rings. The van der Waals surface area contributed by atoms with Crippen molar-refractivity contribution in [1.82, 2.24) is 9.55 Å². The van der Waals surface area contributed by atoms with Gasteiger partial charge in [0.1, 0.15) is 5.82 Å². The van der Waals surface area contributed by atoms with Crippen LogP contribution in [-0.2, 0) is 13.5 Å². The lowest BCUT2D eigenvalue weighted by molar-refractivity contribution is 0.833. The van der Waals surface area contributed by atoms with Crippen molar-refractivity contribution in [3.8, 4) is 0 Å². The van der Waals surface area contributed by atoms with E-state index in [1.54, 1.807) is 0 Å². The van der Waals surface area contributed by atoms with Gasteiger partial charge in [-0.15, -0.1) is 0 Å². The number of imidazole rings is 1. The van der Waals surface area contributed by atoms with E-state index in [2.05, 4.69) is 27.8 Å². The molecular formula is C12H17N3. The molecule has 0 saturated heterocycles. The number of aryl methyl sites for hydroxylation is 3. The SMILES string of the molecule is Cc1nc2cc(CCCN)ccc2n1C. The molecule has 0 atom stereocenters. The van der Waals surface area contributed by atoms with Crippen LogP contribution in [0.1, 0.15) is 17.8 Å². The molecule has 0 spiro atoms. The van der Waals surface area contributed by atoms with Gasteiger partial charge in [-0.25, -0.2) is 4.98 Å². The summed E-state index contributed by atoms with van der Waals surface area (Å²) < 4.78 is 2.11. The van der Waals surface area contributed by atoms with Gasteiger partial charge in [-0.1, -0.05) is 6.07 Å². The molecule has 15 heavy (non-hydrogen) atoms. The topological polar surface area (TPSA) is 43.8 Å². The molecule has 3 nitrogen and oxygen atoms in total. The summed E-state index contributed by atoms with van der Waals surface area (Å²) in [5, 5.41) is 0.